The highest BCUT2D eigenvalue weighted by Crippen LogP contribution is 2.17. The number of rotatable bonds is 5. The minimum absolute atomic E-state index is 0.149. The second kappa shape index (κ2) is 6.85. The average molecular weight is 281 g/mol. The van der Waals surface area contributed by atoms with Crippen molar-refractivity contribution >= 4 is 0 Å². The second-order valence-corrected chi connectivity index (χ2v) is 4.99. The standard InChI is InChI=1S/C17H19N3O/c1-3-5-10-20-17(21)15(12-18)11-16(19-20)14-8-6-13(4-2)7-9-14/h6-9,11H,3-5,10H2,1-2H3. The first-order chi connectivity index (χ1) is 10.2. The molecule has 0 aliphatic heterocycles. The molecular formula is C17H19N3O. The molecule has 1 heterocycles. The molecule has 0 radical (unpaired) electrons. The van der Waals surface area contributed by atoms with E-state index in [1.807, 2.05) is 30.3 Å². The molecule has 1 aromatic carbocycles. The summed E-state index contributed by atoms with van der Waals surface area (Å²) in [6, 6.07) is 11.6. The van der Waals surface area contributed by atoms with Gasteiger partial charge in [-0.15, -0.1) is 0 Å². The Kier molecular flexibility index (Phi) is 4.89. The summed E-state index contributed by atoms with van der Waals surface area (Å²) < 4.78 is 1.41. The zero-order valence-electron chi connectivity index (χ0n) is 12.5. The molecule has 0 bridgehead atoms. The lowest BCUT2D eigenvalue weighted by molar-refractivity contribution is 0.544. The van der Waals surface area contributed by atoms with Crippen LogP contribution in [0.15, 0.2) is 35.1 Å². The zero-order valence-corrected chi connectivity index (χ0v) is 12.5. The minimum atomic E-state index is -0.306. The van der Waals surface area contributed by atoms with Gasteiger partial charge in [-0.05, 0) is 24.5 Å². The molecule has 2 rings (SSSR count). The van der Waals surface area contributed by atoms with E-state index in [-0.39, 0.29) is 11.1 Å². The van der Waals surface area contributed by atoms with Crippen molar-refractivity contribution in [3.05, 3.63) is 51.8 Å². The number of nitriles is 1. The van der Waals surface area contributed by atoms with Crippen LogP contribution >= 0.6 is 0 Å². The highest BCUT2D eigenvalue weighted by atomic mass is 16.1. The molecule has 4 nitrogen and oxygen atoms in total. The molecule has 0 fully saturated rings. The lowest BCUT2D eigenvalue weighted by Gasteiger charge is -2.08. The van der Waals surface area contributed by atoms with Crippen LogP contribution in [0, 0.1) is 11.3 Å². The molecule has 0 aliphatic carbocycles. The van der Waals surface area contributed by atoms with E-state index >= 15 is 0 Å². The third kappa shape index (κ3) is 3.38. The van der Waals surface area contributed by atoms with Gasteiger partial charge in [-0.3, -0.25) is 4.79 Å². The molecule has 0 saturated carbocycles. The molecule has 0 saturated heterocycles. The van der Waals surface area contributed by atoms with Gasteiger partial charge in [0, 0.05) is 12.1 Å². The molecule has 0 unspecified atom stereocenters. The molecule has 0 N–H and O–H groups in total. The van der Waals surface area contributed by atoms with Crippen molar-refractivity contribution in [3.8, 4) is 17.3 Å². The summed E-state index contributed by atoms with van der Waals surface area (Å²) >= 11 is 0. The largest absolute Gasteiger partial charge is 0.284 e. The Morgan fingerprint density at radius 1 is 1.24 bits per heavy atom. The van der Waals surface area contributed by atoms with E-state index in [1.165, 1.54) is 10.2 Å². The summed E-state index contributed by atoms with van der Waals surface area (Å²) in [5.41, 5.74) is 2.69. The molecule has 4 heteroatoms. The lowest BCUT2D eigenvalue weighted by atomic mass is 10.1. The Labute approximate surface area is 124 Å². The molecule has 2 aromatic rings. The maximum absolute atomic E-state index is 12.1. The van der Waals surface area contributed by atoms with E-state index in [4.69, 9.17) is 5.26 Å². The number of unbranched alkanes of at least 4 members (excludes halogenated alkanes) is 1. The minimum Gasteiger partial charge on any atom is -0.266 e. The average Bonchev–Trinajstić information content (AvgIpc) is 2.54. The number of benzene rings is 1. The van der Waals surface area contributed by atoms with E-state index in [0.717, 1.165) is 24.8 Å². The zero-order chi connectivity index (χ0) is 15.2. The van der Waals surface area contributed by atoms with Gasteiger partial charge in [0.2, 0.25) is 0 Å². The van der Waals surface area contributed by atoms with Crippen LogP contribution in [0.2, 0.25) is 0 Å². The van der Waals surface area contributed by atoms with Gasteiger partial charge in [0.1, 0.15) is 11.6 Å². The molecular weight excluding hydrogens is 262 g/mol. The molecule has 0 spiro atoms. The SMILES string of the molecule is CCCCn1nc(-c2ccc(CC)cc2)cc(C#N)c1=O. The number of nitrogens with zero attached hydrogens (tertiary/aromatic N) is 3. The summed E-state index contributed by atoms with van der Waals surface area (Å²) in [7, 11) is 0. The summed E-state index contributed by atoms with van der Waals surface area (Å²) in [6.07, 6.45) is 2.83. The fourth-order valence-electron chi connectivity index (χ4n) is 2.13. The van der Waals surface area contributed by atoms with E-state index in [2.05, 4.69) is 18.9 Å². The number of hydrogen-bond acceptors (Lipinski definition) is 3. The summed E-state index contributed by atoms with van der Waals surface area (Å²) in [5, 5.41) is 13.5. The molecule has 108 valence electrons. The first-order valence-electron chi connectivity index (χ1n) is 7.31. The summed E-state index contributed by atoms with van der Waals surface area (Å²) in [5.74, 6) is 0. The van der Waals surface area contributed by atoms with E-state index in [1.54, 1.807) is 6.07 Å². The van der Waals surface area contributed by atoms with Gasteiger partial charge >= 0.3 is 0 Å². The lowest BCUT2D eigenvalue weighted by Crippen LogP contribution is -2.25. The monoisotopic (exact) mass is 281 g/mol. The van der Waals surface area contributed by atoms with E-state index in [9.17, 15) is 4.79 Å². The van der Waals surface area contributed by atoms with Gasteiger partial charge < -0.3 is 0 Å². The quantitative estimate of drug-likeness (QED) is 0.846. The van der Waals surface area contributed by atoms with Crippen LogP contribution in [-0.4, -0.2) is 9.78 Å². The topological polar surface area (TPSA) is 58.7 Å². The van der Waals surface area contributed by atoms with Crippen LogP contribution in [-0.2, 0) is 13.0 Å². The molecule has 0 aliphatic rings. The van der Waals surface area contributed by atoms with Crippen LogP contribution in [0.3, 0.4) is 0 Å². The van der Waals surface area contributed by atoms with Crippen LogP contribution in [0.25, 0.3) is 11.3 Å². The third-order valence-electron chi connectivity index (χ3n) is 3.48. The molecule has 1 aromatic heterocycles. The summed E-state index contributed by atoms with van der Waals surface area (Å²) in [6.45, 7) is 4.71. The van der Waals surface area contributed by atoms with Crippen molar-refractivity contribution < 1.29 is 0 Å². The van der Waals surface area contributed by atoms with Gasteiger partial charge in [-0.25, -0.2) is 4.68 Å². The van der Waals surface area contributed by atoms with E-state index < -0.39 is 0 Å². The molecule has 0 amide bonds. The maximum atomic E-state index is 12.1. The Morgan fingerprint density at radius 2 is 1.95 bits per heavy atom. The van der Waals surface area contributed by atoms with Gasteiger partial charge in [0.05, 0.1) is 5.69 Å². The molecule has 0 atom stereocenters. The maximum Gasteiger partial charge on any atom is 0.284 e. The fourth-order valence-corrected chi connectivity index (χ4v) is 2.13. The Morgan fingerprint density at radius 3 is 2.52 bits per heavy atom. The highest BCUT2D eigenvalue weighted by Gasteiger charge is 2.09. The van der Waals surface area contributed by atoms with Crippen molar-refractivity contribution in [3.63, 3.8) is 0 Å². The van der Waals surface area contributed by atoms with Crippen LogP contribution < -0.4 is 5.56 Å². The van der Waals surface area contributed by atoms with Crippen molar-refractivity contribution in [2.45, 2.75) is 39.7 Å². The van der Waals surface area contributed by atoms with Crippen molar-refractivity contribution in [2.75, 3.05) is 0 Å². The normalized spacial score (nSPS) is 10.3. The molecule has 21 heavy (non-hydrogen) atoms. The predicted molar refractivity (Wildman–Crippen MR) is 82.9 cm³/mol. The predicted octanol–water partition coefficient (Wildman–Crippen LogP) is 3.14. The van der Waals surface area contributed by atoms with Gasteiger partial charge in [-0.1, -0.05) is 44.5 Å². The first-order valence-corrected chi connectivity index (χ1v) is 7.31. The fraction of sp³-hybridized carbons (Fsp3) is 0.353. The number of hydrogen-bond donors (Lipinski definition) is 0. The van der Waals surface area contributed by atoms with Gasteiger partial charge in [-0.2, -0.15) is 10.4 Å². The smallest absolute Gasteiger partial charge is 0.266 e. The van der Waals surface area contributed by atoms with E-state index in [0.29, 0.717) is 12.2 Å². The van der Waals surface area contributed by atoms with Gasteiger partial charge in [0.15, 0.2) is 0 Å². The number of aryl methyl sites for hydroxylation is 2. The summed E-state index contributed by atoms with van der Waals surface area (Å²) in [4.78, 5) is 12.1. The van der Waals surface area contributed by atoms with Crippen molar-refractivity contribution in [1.29, 1.82) is 5.26 Å². The highest BCUT2D eigenvalue weighted by molar-refractivity contribution is 5.60. The Balaban J connectivity index is 2.47. The third-order valence-corrected chi connectivity index (χ3v) is 3.48. The van der Waals surface area contributed by atoms with Crippen LogP contribution in [0.4, 0.5) is 0 Å². The Bertz CT molecular complexity index is 708. The Hall–Kier alpha value is -2.41. The second-order valence-electron chi connectivity index (χ2n) is 4.99. The van der Waals surface area contributed by atoms with Crippen molar-refractivity contribution in [1.82, 2.24) is 9.78 Å². The van der Waals surface area contributed by atoms with Crippen LogP contribution in [0.5, 0.6) is 0 Å². The van der Waals surface area contributed by atoms with Gasteiger partial charge in [0.25, 0.3) is 5.56 Å². The first kappa shape index (κ1) is 15.0. The van der Waals surface area contributed by atoms with Crippen molar-refractivity contribution in [2.24, 2.45) is 0 Å². The number of aromatic nitrogens is 2. The van der Waals surface area contributed by atoms with Crippen LogP contribution in [0.1, 0.15) is 37.8 Å².